The van der Waals surface area contributed by atoms with Crippen LogP contribution in [-0.2, 0) is 4.79 Å². The molecular weight excluding hydrogens is 176 g/mol. The van der Waals surface area contributed by atoms with Gasteiger partial charge >= 0.3 is 0 Å². The van der Waals surface area contributed by atoms with Crippen molar-refractivity contribution in [2.45, 2.75) is 19.4 Å². The summed E-state index contributed by atoms with van der Waals surface area (Å²) in [6.07, 6.45) is 1.75. The lowest BCUT2D eigenvalue weighted by atomic mass is 9.95. The molecule has 0 radical (unpaired) electrons. The summed E-state index contributed by atoms with van der Waals surface area (Å²) < 4.78 is 0. The summed E-state index contributed by atoms with van der Waals surface area (Å²) in [5.41, 5.74) is 5.97. The Labute approximate surface area is 82.8 Å². The lowest BCUT2D eigenvalue weighted by Crippen LogP contribution is -2.26. The molecule has 0 saturated heterocycles. The van der Waals surface area contributed by atoms with Crippen LogP contribution in [0.5, 0.6) is 0 Å². The monoisotopic (exact) mass is 188 g/mol. The zero-order valence-corrected chi connectivity index (χ0v) is 8.03. The Hall–Kier alpha value is -1.64. The van der Waals surface area contributed by atoms with Crippen molar-refractivity contribution in [3.8, 4) is 0 Å². The van der Waals surface area contributed by atoms with Gasteiger partial charge in [-0.05, 0) is 12.0 Å². The molecule has 1 atom stereocenters. The van der Waals surface area contributed by atoms with Gasteiger partial charge in [0.05, 0.1) is 5.71 Å². The second kappa shape index (κ2) is 3.62. The minimum Gasteiger partial charge on any atom is -0.301 e. The fourth-order valence-corrected chi connectivity index (χ4v) is 1.68. The average molecular weight is 188 g/mol. The molecule has 1 aliphatic heterocycles. The number of nitrogens with zero attached hydrogens (tertiary/aromatic N) is 1. The number of nitrogens with one attached hydrogen (secondary N) is 1. The van der Waals surface area contributed by atoms with Gasteiger partial charge in [0.1, 0.15) is 12.3 Å². The quantitative estimate of drug-likeness (QED) is 0.717. The van der Waals surface area contributed by atoms with Crippen molar-refractivity contribution in [1.29, 1.82) is 0 Å². The number of carbonyl (C=O) groups excluding carboxylic acids is 1. The molecule has 1 N–H and O–H groups in total. The molecule has 1 unspecified atom stereocenters. The highest BCUT2D eigenvalue weighted by Crippen LogP contribution is 2.22. The highest BCUT2D eigenvalue weighted by Gasteiger charge is 2.20. The Balaban J connectivity index is 2.52. The number of hydrazone groups is 1. The number of fused-ring (bicyclic) bond motifs is 1. The van der Waals surface area contributed by atoms with Gasteiger partial charge in [0.15, 0.2) is 0 Å². The highest BCUT2D eigenvalue weighted by molar-refractivity contribution is 6.03. The number of hydrogen-bond donors (Lipinski definition) is 1. The van der Waals surface area contributed by atoms with Crippen molar-refractivity contribution in [3.63, 3.8) is 0 Å². The van der Waals surface area contributed by atoms with Crippen molar-refractivity contribution >= 4 is 12.0 Å². The van der Waals surface area contributed by atoms with Crippen LogP contribution >= 0.6 is 0 Å². The zero-order chi connectivity index (χ0) is 9.97. The summed E-state index contributed by atoms with van der Waals surface area (Å²) in [5, 5.41) is 4.18. The third kappa shape index (κ3) is 1.31. The van der Waals surface area contributed by atoms with E-state index in [4.69, 9.17) is 0 Å². The van der Waals surface area contributed by atoms with E-state index >= 15 is 0 Å². The number of hydrogen-bond acceptors (Lipinski definition) is 3. The molecule has 0 aliphatic carbocycles. The Morgan fingerprint density at radius 1 is 1.50 bits per heavy atom. The molecule has 3 heteroatoms. The molecule has 14 heavy (non-hydrogen) atoms. The molecule has 0 fully saturated rings. The van der Waals surface area contributed by atoms with E-state index in [0.717, 1.165) is 29.5 Å². The van der Waals surface area contributed by atoms with Crippen LogP contribution < -0.4 is 5.43 Å². The van der Waals surface area contributed by atoms with Crippen LogP contribution in [0.1, 0.15) is 30.5 Å². The predicted octanol–water partition coefficient (Wildman–Crippen LogP) is 1.64. The van der Waals surface area contributed by atoms with Gasteiger partial charge in [-0.15, -0.1) is 0 Å². The minimum absolute atomic E-state index is 0.290. The third-order valence-electron chi connectivity index (χ3n) is 2.42. The Kier molecular flexibility index (Phi) is 2.31. The molecule has 2 rings (SSSR count). The van der Waals surface area contributed by atoms with E-state index in [1.54, 1.807) is 0 Å². The van der Waals surface area contributed by atoms with Gasteiger partial charge in [-0.2, -0.15) is 5.10 Å². The summed E-state index contributed by atoms with van der Waals surface area (Å²) in [5.74, 6) is 0. The fourth-order valence-electron chi connectivity index (χ4n) is 1.68. The maximum atomic E-state index is 10.8. The largest absolute Gasteiger partial charge is 0.301 e. The molecule has 1 aromatic rings. The van der Waals surface area contributed by atoms with E-state index < -0.39 is 0 Å². The van der Waals surface area contributed by atoms with Crippen molar-refractivity contribution in [1.82, 2.24) is 5.43 Å². The normalized spacial score (nSPS) is 19.2. The van der Waals surface area contributed by atoms with Gasteiger partial charge in [-0.1, -0.05) is 31.2 Å². The van der Waals surface area contributed by atoms with E-state index in [-0.39, 0.29) is 6.04 Å². The second-order valence-corrected chi connectivity index (χ2v) is 3.24. The van der Waals surface area contributed by atoms with Gasteiger partial charge in [0.25, 0.3) is 0 Å². The minimum atomic E-state index is -0.290. The molecule has 3 nitrogen and oxygen atoms in total. The maximum Gasteiger partial charge on any atom is 0.148 e. The molecule has 1 aromatic carbocycles. The van der Waals surface area contributed by atoms with E-state index in [0.29, 0.717) is 0 Å². The first-order valence-electron chi connectivity index (χ1n) is 4.73. The summed E-state index contributed by atoms with van der Waals surface area (Å²) in [4.78, 5) is 10.8. The first-order valence-corrected chi connectivity index (χ1v) is 4.73. The number of carbonyl (C=O) groups is 1. The van der Waals surface area contributed by atoms with E-state index in [1.165, 1.54) is 0 Å². The van der Waals surface area contributed by atoms with E-state index in [2.05, 4.69) is 17.5 Å². The Morgan fingerprint density at radius 2 is 2.29 bits per heavy atom. The van der Waals surface area contributed by atoms with Crippen molar-refractivity contribution in [2.75, 3.05) is 0 Å². The summed E-state index contributed by atoms with van der Waals surface area (Å²) in [7, 11) is 0. The molecule has 1 aliphatic rings. The number of rotatable bonds is 2. The number of benzene rings is 1. The second-order valence-electron chi connectivity index (χ2n) is 3.24. The van der Waals surface area contributed by atoms with Crippen molar-refractivity contribution in [3.05, 3.63) is 35.4 Å². The van der Waals surface area contributed by atoms with Crippen LogP contribution in [0, 0.1) is 0 Å². The van der Waals surface area contributed by atoms with Crippen LogP contribution in [-0.4, -0.2) is 12.0 Å². The summed E-state index contributed by atoms with van der Waals surface area (Å²) >= 11 is 0. The Morgan fingerprint density at radius 3 is 3.00 bits per heavy atom. The first-order chi connectivity index (χ1) is 6.86. The average Bonchev–Trinajstić information content (AvgIpc) is 2.27. The van der Waals surface area contributed by atoms with Gasteiger partial charge < -0.3 is 4.79 Å². The van der Waals surface area contributed by atoms with Crippen molar-refractivity contribution in [2.24, 2.45) is 5.10 Å². The van der Waals surface area contributed by atoms with Crippen molar-refractivity contribution < 1.29 is 4.79 Å². The molecule has 0 saturated carbocycles. The van der Waals surface area contributed by atoms with Crippen LogP contribution in [0.25, 0.3) is 0 Å². The fraction of sp³-hybridized carbons (Fsp3) is 0.273. The van der Waals surface area contributed by atoms with E-state index in [9.17, 15) is 4.79 Å². The molecular formula is C11H12N2O. The highest BCUT2D eigenvalue weighted by atomic mass is 16.1. The van der Waals surface area contributed by atoms with Gasteiger partial charge in [-0.25, -0.2) is 0 Å². The van der Waals surface area contributed by atoms with Gasteiger partial charge in [-0.3, -0.25) is 5.43 Å². The lowest BCUT2D eigenvalue weighted by Gasteiger charge is -2.21. The first kappa shape index (κ1) is 8.94. The summed E-state index contributed by atoms with van der Waals surface area (Å²) in [6.45, 7) is 2.05. The van der Waals surface area contributed by atoms with Crippen LogP contribution in [0.3, 0.4) is 0 Å². The molecule has 0 aromatic heterocycles. The lowest BCUT2D eigenvalue weighted by molar-refractivity contribution is -0.109. The Bertz CT molecular complexity index is 385. The van der Waals surface area contributed by atoms with Gasteiger partial charge in [0, 0.05) is 5.56 Å². The standard InChI is InChI=1S/C11H12N2O/c1-2-10-8-5-3-4-6-9(8)11(7-14)13-12-10/h3-7,11,13H,2H2,1H3. The van der Waals surface area contributed by atoms with Gasteiger partial charge in [0.2, 0.25) is 0 Å². The molecule has 72 valence electrons. The topological polar surface area (TPSA) is 41.5 Å². The van der Waals surface area contributed by atoms with Crippen LogP contribution in [0.4, 0.5) is 0 Å². The predicted molar refractivity (Wildman–Crippen MR) is 55.2 cm³/mol. The molecule has 0 amide bonds. The summed E-state index contributed by atoms with van der Waals surface area (Å²) in [6, 6.07) is 7.59. The van der Waals surface area contributed by atoms with E-state index in [1.807, 2.05) is 24.3 Å². The third-order valence-corrected chi connectivity index (χ3v) is 2.42. The van der Waals surface area contributed by atoms with Crippen LogP contribution in [0.2, 0.25) is 0 Å². The molecule has 0 bridgehead atoms. The number of aldehydes is 1. The molecule has 1 heterocycles. The zero-order valence-electron chi connectivity index (χ0n) is 8.03. The smallest absolute Gasteiger partial charge is 0.148 e. The van der Waals surface area contributed by atoms with Crippen LogP contribution in [0.15, 0.2) is 29.4 Å². The SMILES string of the molecule is CCC1=NNC(C=O)c2ccccc21. The molecule has 0 spiro atoms. The maximum absolute atomic E-state index is 10.8.